The lowest BCUT2D eigenvalue weighted by Gasteiger charge is -2.39. The number of fused-ring (bicyclic) bond motifs is 1. The lowest BCUT2D eigenvalue weighted by atomic mass is 9.91. The number of esters is 1. The summed E-state index contributed by atoms with van der Waals surface area (Å²) in [7, 11) is 0. The molecule has 6 N–H and O–H groups in total. The Morgan fingerprint density at radius 2 is 1.71 bits per heavy atom. The van der Waals surface area contributed by atoms with E-state index in [2.05, 4.69) is 19.2 Å². The SMILES string of the molecule is CCCCCC1(CCCCC)OC2C=C(C(=O)N3CCCC3C(=O)NCCO)CC(OC(=O)c3ccccc3C=CCOC3OC(CO)C(O)C(O)C3O)C2O1. The Bertz CT molecular complexity index is 1510. The fourth-order valence-electron chi connectivity index (χ4n) is 7.91. The highest BCUT2D eigenvalue weighted by Gasteiger charge is 2.53. The molecule has 0 spiro atoms. The second kappa shape index (κ2) is 21.0. The molecule has 5 rings (SSSR count). The smallest absolute Gasteiger partial charge is 0.339 e. The first-order valence-electron chi connectivity index (χ1n) is 20.2. The number of aliphatic hydroxyl groups excluding tert-OH is 5. The second-order valence-corrected chi connectivity index (χ2v) is 15.0. The molecule has 1 aromatic rings. The molecular weight excluding hydrogens is 728 g/mol. The Hall–Kier alpha value is -3.25. The molecule has 3 heterocycles. The Kier molecular flexibility index (Phi) is 16.4. The Morgan fingerprint density at radius 3 is 2.41 bits per heavy atom. The number of nitrogens with zero attached hydrogens (tertiary/aromatic N) is 1. The van der Waals surface area contributed by atoms with Gasteiger partial charge in [0.2, 0.25) is 11.8 Å². The van der Waals surface area contributed by atoms with E-state index in [0.717, 1.165) is 38.5 Å². The van der Waals surface area contributed by atoms with Crippen LogP contribution in [0.3, 0.4) is 0 Å². The maximum Gasteiger partial charge on any atom is 0.339 e. The summed E-state index contributed by atoms with van der Waals surface area (Å²) in [5.41, 5.74) is 1.12. The number of unbranched alkanes of at least 4 members (excludes halogenated alkanes) is 4. The van der Waals surface area contributed by atoms with Gasteiger partial charge in [0.1, 0.15) is 48.8 Å². The molecule has 3 aliphatic heterocycles. The van der Waals surface area contributed by atoms with E-state index in [1.807, 2.05) is 0 Å². The van der Waals surface area contributed by atoms with Crippen molar-refractivity contribution in [3.8, 4) is 0 Å². The van der Waals surface area contributed by atoms with Crippen molar-refractivity contribution < 1.29 is 63.6 Å². The Balaban J connectivity index is 1.35. The number of nitrogens with one attached hydrogen (secondary N) is 1. The predicted molar refractivity (Wildman–Crippen MR) is 203 cm³/mol. The Labute approximate surface area is 328 Å². The van der Waals surface area contributed by atoms with Gasteiger partial charge in [0.05, 0.1) is 25.4 Å². The zero-order chi connectivity index (χ0) is 40.2. The molecule has 1 aliphatic carbocycles. The first kappa shape index (κ1) is 43.9. The molecule has 2 amide bonds. The third-order valence-corrected chi connectivity index (χ3v) is 10.9. The quantitative estimate of drug-likeness (QED) is 0.0877. The summed E-state index contributed by atoms with van der Waals surface area (Å²) in [5.74, 6) is -2.19. The van der Waals surface area contributed by atoms with Gasteiger partial charge in [0, 0.05) is 37.9 Å². The van der Waals surface area contributed by atoms with E-state index in [0.29, 0.717) is 43.4 Å². The molecule has 0 bridgehead atoms. The van der Waals surface area contributed by atoms with Crippen LogP contribution in [0.4, 0.5) is 0 Å². The molecular formula is C41H60N2O13. The average molecular weight is 789 g/mol. The van der Waals surface area contributed by atoms with Crippen LogP contribution in [0.2, 0.25) is 0 Å². The Morgan fingerprint density at radius 1 is 0.982 bits per heavy atom. The van der Waals surface area contributed by atoms with Crippen LogP contribution in [0.5, 0.6) is 0 Å². The first-order chi connectivity index (χ1) is 27.1. The third-order valence-electron chi connectivity index (χ3n) is 10.9. The van der Waals surface area contributed by atoms with Crippen LogP contribution in [0, 0.1) is 0 Å². The number of hydrogen-bond acceptors (Lipinski definition) is 13. The predicted octanol–water partition coefficient (Wildman–Crippen LogP) is 2.11. The zero-order valence-corrected chi connectivity index (χ0v) is 32.5. The third kappa shape index (κ3) is 10.6. The molecule has 15 nitrogen and oxygen atoms in total. The fraction of sp³-hybridized carbons (Fsp3) is 0.683. The van der Waals surface area contributed by atoms with Gasteiger partial charge >= 0.3 is 5.97 Å². The van der Waals surface area contributed by atoms with Crippen molar-refractivity contribution in [1.29, 1.82) is 0 Å². The lowest BCUT2D eigenvalue weighted by Crippen LogP contribution is -2.59. The summed E-state index contributed by atoms with van der Waals surface area (Å²) in [6.07, 6.45) is 4.09. The van der Waals surface area contributed by atoms with Crippen molar-refractivity contribution >= 4 is 23.9 Å². The van der Waals surface area contributed by atoms with Gasteiger partial charge in [-0.1, -0.05) is 69.9 Å². The molecule has 56 heavy (non-hydrogen) atoms. The topological polar surface area (TPSA) is 214 Å². The normalized spacial score (nSPS) is 29.9. The first-order valence-corrected chi connectivity index (χ1v) is 20.2. The lowest BCUT2D eigenvalue weighted by molar-refractivity contribution is -0.298. The van der Waals surface area contributed by atoms with Crippen LogP contribution in [0.15, 0.2) is 42.0 Å². The summed E-state index contributed by atoms with van der Waals surface area (Å²) < 4.78 is 30.8. The van der Waals surface area contributed by atoms with E-state index in [1.54, 1.807) is 47.4 Å². The molecule has 9 unspecified atom stereocenters. The minimum atomic E-state index is -1.57. The minimum absolute atomic E-state index is 0.0571. The molecule has 9 atom stereocenters. The van der Waals surface area contributed by atoms with Crippen LogP contribution < -0.4 is 5.32 Å². The summed E-state index contributed by atoms with van der Waals surface area (Å²) in [6, 6.07) is 6.11. The number of amides is 2. The summed E-state index contributed by atoms with van der Waals surface area (Å²) in [5, 5.41) is 51.8. The molecule has 0 aromatic heterocycles. The highest BCUT2D eigenvalue weighted by Crippen LogP contribution is 2.44. The molecule has 3 fully saturated rings. The number of hydrogen-bond donors (Lipinski definition) is 6. The van der Waals surface area contributed by atoms with Crippen molar-refractivity contribution in [2.75, 3.05) is 32.9 Å². The van der Waals surface area contributed by atoms with Crippen LogP contribution in [0.1, 0.15) is 100 Å². The number of ether oxygens (including phenoxy) is 5. The molecule has 4 aliphatic rings. The summed E-state index contributed by atoms with van der Waals surface area (Å²) in [6.45, 7) is 3.85. The number of carbonyl (C=O) groups excluding carboxylic acids is 3. The number of benzene rings is 1. The standard InChI is InChI=1S/C41H60N2O13/c1-3-5-9-17-41(18-10-6-4-2)55-31-24-27(38(50)43-20-11-16-29(43)37(49)42-19-21-44)23-30(36(31)56-41)53-39(51)28-15-8-7-13-26(28)14-12-22-52-40-35(48)34(47)33(46)32(25-45)54-40/h7-8,12-15,24,29-36,40,44-48H,3-6,9-11,16-23,25H2,1-2H3,(H,42,49). The largest absolute Gasteiger partial charge is 0.456 e. The van der Waals surface area contributed by atoms with Crippen molar-refractivity contribution in [2.45, 2.75) is 145 Å². The number of rotatable bonds is 19. The molecule has 15 heteroatoms. The van der Waals surface area contributed by atoms with Gasteiger partial charge in [-0.2, -0.15) is 0 Å². The zero-order valence-electron chi connectivity index (χ0n) is 32.5. The maximum atomic E-state index is 14.2. The molecule has 0 radical (unpaired) electrons. The van der Waals surface area contributed by atoms with E-state index < -0.39 is 73.4 Å². The van der Waals surface area contributed by atoms with E-state index >= 15 is 0 Å². The molecule has 312 valence electrons. The van der Waals surface area contributed by atoms with Crippen LogP contribution >= 0.6 is 0 Å². The van der Waals surface area contributed by atoms with Gasteiger partial charge in [-0.05, 0) is 43.4 Å². The number of likely N-dealkylation sites (tertiary alicyclic amines) is 1. The van der Waals surface area contributed by atoms with Gasteiger partial charge in [0.25, 0.3) is 0 Å². The average Bonchev–Trinajstić information content (AvgIpc) is 3.84. The van der Waals surface area contributed by atoms with Gasteiger partial charge in [-0.25, -0.2) is 4.79 Å². The summed E-state index contributed by atoms with van der Waals surface area (Å²) >= 11 is 0. The van der Waals surface area contributed by atoms with Gasteiger partial charge < -0.3 is 59.4 Å². The van der Waals surface area contributed by atoms with E-state index in [1.165, 1.54) is 0 Å². The van der Waals surface area contributed by atoms with Crippen molar-refractivity contribution in [2.24, 2.45) is 0 Å². The van der Waals surface area contributed by atoms with Crippen LogP contribution in [-0.4, -0.2) is 142 Å². The van der Waals surface area contributed by atoms with Gasteiger partial charge in [-0.3, -0.25) is 9.59 Å². The highest BCUT2D eigenvalue weighted by molar-refractivity contribution is 5.98. The second-order valence-electron chi connectivity index (χ2n) is 15.0. The van der Waals surface area contributed by atoms with E-state index in [9.17, 15) is 39.9 Å². The van der Waals surface area contributed by atoms with Crippen LogP contribution in [0.25, 0.3) is 6.08 Å². The van der Waals surface area contributed by atoms with Gasteiger partial charge in [-0.15, -0.1) is 0 Å². The van der Waals surface area contributed by atoms with Crippen LogP contribution in [-0.2, 0) is 33.3 Å². The van der Waals surface area contributed by atoms with Crippen molar-refractivity contribution in [3.05, 3.63) is 53.1 Å². The van der Waals surface area contributed by atoms with E-state index in [4.69, 9.17) is 23.7 Å². The molecule has 0 saturated carbocycles. The molecule has 1 aromatic carbocycles. The maximum absolute atomic E-state index is 14.2. The fourth-order valence-corrected chi connectivity index (χ4v) is 7.91. The van der Waals surface area contributed by atoms with Gasteiger partial charge in [0.15, 0.2) is 12.1 Å². The number of aliphatic hydroxyl groups is 5. The van der Waals surface area contributed by atoms with E-state index in [-0.39, 0.29) is 43.6 Å². The molecule has 3 saturated heterocycles. The minimum Gasteiger partial charge on any atom is -0.456 e. The number of carbonyl (C=O) groups is 3. The van der Waals surface area contributed by atoms with Crippen molar-refractivity contribution in [3.63, 3.8) is 0 Å². The highest BCUT2D eigenvalue weighted by atomic mass is 16.8. The summed E-state index contributed by atoms with van der Waals surface area (Å²) in [4.78, 5) is 42.7. The van der Waals surface area contributed by atoms with Crippen molar-refractivity contribution in [1.82, 2.24) is 10.2 Å². The monoisotopic (exact) mass is 788 g/mol.